The lowest BCUT2D eigenvalue weighted by Gasteiger charge is -2.25. The molecule has 0 aliphatic carbocycles. The predicted octanol–water partition coefficient (Wildman–Crippen LogP) is 0.794. The predicted molar refractivity (Wildman–Crippen MR) is 106 cm³/mol. The van der Waals surface area contributed by atoms with Crippen molar-refractivity contribution in [2.24, 2.45) is 13.0 Å². The van der Waals surface area contributed by atoms with Crippen LogP contribution in [0.1, 0.15) is 24.3 Å². The number of nitrogens with one attached hydrogen (secondary N) is 2. The number of halogens is 2. The number of aromatic nitrogens is 2. The number of nitrogens with zero attached hydrogens (tertiary/aromatic N) is 3. The highest BCUT2D eigenvalue weighted by atomic mass is 35.5. The van der Waals surface area contributed by atoms with Crippen LogP contribution >= 0.6 is 24.8 Å². The van der Waals surface area contributed by atoms with Crippen molar-refractivity contribution in [1.82, 2.24) is 25.3 Å². The van der Waals surface area contributed by atoms with E-state index in [-0.39, 0.29) is 42.6 Å². The van der Waals surface area contributed by atoms with E-state index in [1.807, 2.05) is 19.4 Å². The van der Waals surface area contributed by atoms with Gasteiger partial charge in [0.05, 0.1) is 18.7 Å². The minimum atomic E-state index is -0.0111. The van der Waals surface area contributed by atoms with Gasteiger partial charge in [0.1, 0.15) is 0 Å². The molecule has 1 aromatic heterocycles. The average Bonchev–Trinajstić information content (AvgIpc) is 3.30. The Morgan fingerprint density at radius 1 is 1.42 bits per heavy atom. The van der Waals surface area contributed by atoms with Crippen LogP contribution in [-0.4, -0.2) is 73.1 Å². The van der Waals surface area contributed by atoms with E-state index < -0.39 is 0 Å². The first-order valence-electron chi connectivity index (χ1n) is 8.89. The van der Waals surface area contributed by atoms with Crippen molar-refractivity contribution in [3.8, 4) is 0 Å². The largest absolute Gasteiger partial charge is 0.383 e. The van der Waals surface area contributed by atoms with E-state index in [1.54, 1.807) is 11.8 Å². The van der Waals surface area contributed by atoms with E-state index in [0.29, 0.717) is 6.04 Å². The second-order valence-electron chi connectivity index (χ2n) is 6.89. The Kier molecular flexibility index (Phi) is 9.89. The topological polar surface area (TPSA) is 71.4 Å². The average molecular weight is 408 g/mol. The lowest BCUT2D eigenvalue weighted by Crippen LogP contribution is -2.44. The molecular formula is C17H31Cl2N5O2. The van der Waals surface area contributed by atoms with Crippen molar-refractivity contribution in [2.75, 3.05) is 46.4 Å². The van der Waals surface area contributed by atoms with Gasteiger partial charge < -0.3 is 15.4 Å². The number of amides is 1. The third kappa shape index (κ3) is 5.57. The molecule has 3 rings (SSSR count). The molecule has 3 atom stereocenters. The highest BCUT2D eigenvalue weighted by Crippen LogP contribution is 2.28. The summed E-state index contributed by atoms with van der Waals surface area (Å²) in [5.41, 5.74) is 1.14. The fourth-order valence-corrected chi connectivity index (χ4v) is 3.91. The van der Waals surface area contributed by atoms with Crippen molar-refractivity contribution in [2.45, 2.75) is 24.8 Å². The van der Waals surface area contributed by atoms with Crippen LogP contribution < -0.4 is 10.6 Å². The third-order valence-electron chi connectivity index (χ3n) is 5.30. The number of rotatable bonds is 7. The van der Waals surface area contributed by atoms with E-state index in [4.69, 9.17) is 4.74 Å². The van der Waals surface area contributed by atoms with Crippen LogP contribution in [0.4, 0.5) is 0 Å². The summed E-state index contributed by atoms with van der Waals surface area (Å²) >= 11 is 0. The molecule has 2 fully saturated rings. The third-order valence-corrected chi connectivity index (χ3v) is 5.30. The molecule has 1 unspecified atom stereocenters. The van der Waals surface area contributed by atoms with E-state index >= 15 is 0 Å². The smallest absolute Gasteiger partial charge is 0.225 e. The first kappa shape index (κ1) is 23.2. The van der Waals surface area contributed by atoms with Gasteiger partial charge in [0.2, 0.25) is 5.91 Å². The van der Waals surface area contributed by atoms with Gasteiger partial charge in [-0.3, -0.25) is 14.4 Å². The van der Waals surface area contributed by atoms with Gasteiger partial charge in [-0.2, -0.15) is 5.10 Å². The van der Waals surface area contributed by atoms with Crippen LogP contribution in [-0.2, 0) is 16.6 Å². The molecule has 9 heteroatoms. The summed E-state index contributed by atoms with van der Waals surface area (Å²) in [5, 5.41) is 10.8. The van der Waals surface area contributed by atoms with Crippen molar-refractivity contribution >= 4 is 30.7 Å². The summed E-state index contributed by atoms with van der Waals surface area (Å²) in [6, 6.07) is 0.440. The maximum Gasteiger partial charge on any atom is 0.225 e. The van der Waals surface area contributed by atoms with Gasteiger partial charge in [0.15, 0.2) is 0 Å². The van der Waals surface area contributed by atoms with Gasteiger partial charge in [-0.15, -0.1) is 24.8 Å². The fourth-order valence-electron chi connectivity index (χ4n) is 3.91. The summed E-state index contributed by atoms with van der Waals surface area (Å²) in [7, 11) is 3.65. The highest BCUT2D eigenvalue weighted by molar-refractivity contribution is 5.85. The van der Waals surface area contributed by atoms with Gasteiger partial charge in [0.25, 0.3) is 0 Å². The Labute approximate surface area is 168 Å². The number of ether oxygens (including phenoxy) is 1. The number of carbonyl (C=O) groups is 1. The normalized spacial score (nSPS) is 25.5. The molecule has 1 amide bonds. The van der Waals surface area contributed by atoms with E-state index in [1.165, 1.54) is 6.42 Å². The molecule has 0 radical (unpaired) electrons. The van der Waals surface area contributed by atoms with Crippen molar-refractivity contribution in [3.05, 3.63) is 18.0 Å². The molecular weight excluding hydrogens is 377 g/mol. The van der Waals surface area contributed by atoms with Crippen LogP contribution in [0.2, 0.25) is 0 Å². The van der Waals surface area contributed by atoms with E-state index in [9.17, 15) is 4.79 Å². The second-order valence-corrected chi connectivity index (χ2v) is 6.89. The molecule has 0 saturated carbocycles. The Hall–Kier alpha value is -0.860. The summed E-state index contributed by atoms with van der Waals surface area (Å²) in [4.78, 5) is 15.1. The van der Waals surface area contributed by atoms with Crippen molar-refractivity contribution < 1.29 is 9.53 Å². The summed E-state index contributed by atoms with van der Waals surface area (Å²) in [5.74, 6) is 0.363. The second kappa shape index (κ2) is 11.1. The SMILES string of the molecule is COCCN1CCCC1CNC(=O)[C@H]1CNC[C@@H]1c1cnn(C)c1.Cl.Cl. The molecule has 26 heavy (non-hydrogen) atoms. The number of methoxy groups -OCH3 is 1. The Bertz CT molecular complexity index is 557. The van der Waals surface area contributed by atoms with E-state index in [0.717, 1.165) is 51.3 Å². The molecule has 0 spiro atoms. The van der Waals surface area contributed by atoms with Gasteiger partial charge in [-0.1, -0.05) is 0 Å². The molecule has 1 aromatic rings. The lowest BCUT2D eigenvalue weighted by atomic mass is 9.90. The number of aryl methyl sites for hydroxylation is 1. The Morgan fingerprint density at radius 2 is 2.23 bits per heavy atom. The molecule has 7 nitrogen and oxygen atoms in total. The van der Waals surface area contributed by atoms with Gasteiger partial charge in [-0.25, -0.2) is 0 Å². The van der Waals surface area contributed by atoms with Crippen molar-refractivity contribution in [1.29, 1.82) is 0 Å². The van der Waals surface area contributed by atoms with Gasteiger partial charge >= 0.3 is 0 Å². The summed E-state index contributed by atoms with van der Waals surface area (Å²) < 4.78 is 6.98. The fraction of sp³-hybridized carbons (Fsp3) is 0.765. The number of likely N-dealkylation sites (tertiary alicyclic amines) is 1. The Morgan fingerprint density at radius 3 is 2.92 bits per heavy atom. The zero-order valence-corrected chi connectivity index (χ0v) is 17.2. The Balaban J connectivity index is 0.00000169. The highest BCUT2D eigenvalue weighted by Gasteiger charge is 2.35. The maximum absolute atomic E-state index is 12.7. The van der Waals surface area contributed by atoms with Crippen LogP contribution in [0, 0.1) is 5.92 Å². The van der Waals surface area contributed by atoms with Gasteiger partial charge in [-0.05, 0) is 24.9 Å². The van der Waals surface area contributed by atoms with Crippen LogP contribution in [0.3, 0.4) is 0 Å². The molecule has 3 heterocycles. The zero-order chi connectivity index (χ0) is 16.9. The first-order chi connectivity index (χ1) is 11.7. The van der Waals surface area contributed by atoms with Crippen LogP contribution in [0.25, 0.3) is 0 Å². The minimum absolute atomic E-state index is 0. The molecule has 2 aliphatic rings. The quantitative estimate of drug-likeness (QED) is 0.698. The number of carbonyl (C=O) groups excluding carboxylic acids is 1. The number of hydrogen-bond acceptors (Lipinski definition) is 5. The lowest BCUT2D eigenvalue weighted by molar-refractivity contribution is -0.125. The first-order valence-corrected chi connectivity index (χ1v) is 8.89. The molecule has 0 bridgehead atoms. The van der Waals surface area contributed by atoms with Crippen molar-refractivity contribution in [3.63, 3.8) is 0 Å². The van der Waals surface area contributed by atoms with Crippen LogP contribution in [0.15, 0.2) is 12.4 Å². The number of hydrogen-bond donors (Lipinski definition) is 2. The molecule has 2 saturated heterocycles. The molecule has 150 valence electrons. The molecule has 2 aliphatic heterocycles. The monoisotopic (exact) mass is 407 g/mol. The minimum Gasteiger partial charge on any atom is -0.383 e. The van der Waals surface area contributed by atoms with E-state index in [2.05, 4.69) is 20.6 Å². The van der Waals surface area contributed by atoms with Gasteiger partial charge in [0, 0.05) is 58.5 Å². The summed E-state index contributed by atoms with van der Waals surface area (Å²) in [6.45, 7) is 5.11. The zero-order valence-electron chi connectivity index (χ0n) is 15.5. The van der Waals surface area contributed by atoms with Crippen LogP contribution in [0.5, 0.6) is 0 Å². The standard InChI is InChI=1S/C17H29N5O2.2ClH/c1-21-12-13(8-20-21)15-10-18-11-16(15)17(23)19-9-14-4-3-5-22(14)6-7-24-2;;/h8,12,14-16,18H,3-7,9-11H2,1-2H3,(H,19,23);2*1H/t14?,15-,16+;;/m1../s1. The molecule has 2 N–H and O–H groups in total. The maximum atomic E-state index is 12.7. The summed E-state index contributed by atoms with van der Waals surface area (Å²) in [6.07, 6.45) is 6.25. The molecule has 0 aromatic carbocycles.